The Balaban J connectivity index is 2.59. The molecule has 1 rings (SSSR count). The zero-order valence-corrected chi connectivity index (χ0v) is 10.5. The minimum absolute atomic E-state index is 0.0339. The average molecular weight is 252 g/mol. The van der Waals surface area contributed by atoms with E-state index >= 15 is 0 Å². The molecule has 18 heavy (non-hydrogen) atoms. The summed E-state index contributed by atoms with van der Waals surface area (Å²) in [4.78, 5) is 23.8. The molecule has 0 aliphatic carbocycles. The molecular weight excluding hydrogens is 235 g/mol. The van der Waals surface area contributed by atoms with Crippen LogP contribution in [0.3, 0.4) is 0 Å². The van der Waals surface area contributed by atoms with Gasteiger partial charge in [0, 0.05) is 13.5 Å². The second-order valence-corrected chi connectivity index (χ2v) is 4.37. The molecule has 0 saturated heterocycles. The number of amides is 2. The van der Waals surface area contributed by atoms with Crippen LogP contribution in [-0.2, 0) is 9.59 Å². The summed E-state index contributed by atoms with van der Waals surface area (Å²) in [5.41, 5.74) is 5.90. The highest BCUT2D eigenvalue weighted by molar-refractivity contribution is 5.83. The van der Waals surface area contributed by atoms with Gasteiger partial charge >= 0.3 is 0 Å². The first-order valence-electron chi connectivity index (χ1n) is 5.68. The summed E-state index contributed by atoms with van der Waals surface area (Å²) in [6.07, 6.45) is 0.259. The maximum atomic E-state index is 12.8. The van der Waals surface area contributed by atoms with E-state index in [1.807, 2.05) is 6.92 Å². The van der Waals surface area contributed by atoms with Crippen LogP contribution in [-0.4, -0.2) is 30.3 Å². The van der Waals surface area contributed by atoms with Crippen LogP contribution in [0, 0.1) is 5.82 Å². The van der Waals surface area contributed by atoms with E-state index in [9.17, 15) is 14.0 Å². The molecule has 0 aromatic heterocycles. The van der Waals surface area contributed by atoms with Gasteiger partial charge in [0.1, 0.15) is 5.82 Å². The number of hydrogen-bond donors (Lipinski definition) is 1. The monoisotopic (exact) mass is 252 g/mol. The third-order valence-electron chi connectivity index (χ3n) is 2.74. The van der Waals surface area contributed by atoms with Crippen LogP contribution >= 0.6 is 0 Å². The van der Waals surface area contributed by atoms with E-state index in [1.165, 1.54) is 24.1 Å². The predicted octanol–water partition coefficient (Wildman–Crippen LogP) is 1.26. The first-order valence-corrected chi connectivity index (χ1v) is 5.68. The van der Waals surface area contributed by atoms with E-state index < -0.39 is 5.91 Å². The largest absolute Gasteiger partial charge is 0.368 e. The van der Waals surface area contributed by atoms with Crippen molar-refractivity contribution in [3.05, 3.63) is 35.6 Å². The molecular formula is C13H17FN2O2. The lowest BCUT2D eigenvalue weighted by Gasteiger charge is -2.18. The van der Waals surface area contributed by atoms with Gasteiger partial charge in [-0.25, -0.2) is 4.39 Å². The van der Waals surface area contributed by atoms with Crippen LogP contribution in [0.5, 0.6) is 0 Å². The Hall–Kier alpha value is -1.91. The van der Waals surface area contributed by atoms with Gasteiger partial charge in [-0.2, -0.15) is 0 Å². The van der Waals surface area contributed by atoms with Gasteiger partial charge in [-0.15, -0.1) is 0 Å². The maximum Gasteiger partial charge on any atom is 0.237 e. The molecule has 5 heteroatoms. The third-order valence-corrected chi connectivity index (χ3v) is 2.74. The van der Waals surface area contributed by atoms with E-state index in [1.54, 1.807) is 12.1 Å². The maximum absolute atomic E-state index is 12.8. The standard InChI is InChI=1S/C13H17FN2O2/c1-9(10-3-5-11(14)6-4-10)7-13(18)16(2)8-12(15)17/h3-6,9H,7-8H2,1-2H3,(H2,15,17). The number of nitrogens with two attached hydrogens (primary N) is 1. The second-order valence-electron chi connectivity index (χ2n) is 4.37. The quantitative estimate of drug-likeness (QED) is 0.857. The SMILES string of the molecule is CC(CC(=O)N(C)CC(N)=O)c1ccc(F)cc1. The van der Waals surface area contributed by atoms with E-state index in [4.69, 9.17) is 5.73 Å². The summed E-state index contributed by atoms with van der Waals surface area (Å²) >= 11 is 0. The molecule has 4 nitrogen and oxygen atoms in total. The molecule has 0 spiro atoms. The molecule has 0 aliphatic heterocycles. The predicted molar refractivity (Wildman–Crippen MR) is 66.3 cm³/mol. The Morgan fingerprint density at radius 1 is 1.33 bits per heavy atom. The Morgan fingerprint density at radius 3 is 2.39 bits per heavy atom. The molecule has 1 aromatic rings. The number of hydrogen-bond acceptors (Lipinski definition) is 2. The molecule has 0 saturated carbocycles. The van der Waals surface area contributed by atoms with Gasteiger partial charge in [0.2, 0.25) is 11.8 Å². The smallest absolute Gasteiger partial charge is 0.237 e. The fourth-order valence-electron chi connectivity index (χ4n) is 1.65. The second kappa shape index (κ2) is 6.14. The highest BCUT2D eigenvalue weighted by Gasteiger charge is 2.16. The highest BCUT2D eigenvalue weighted by atomic mass is 19.1. The first kappa shape index (κ1) is 14.2. The molecule has 0 radical (unpaired) electrons. The number of primary amides is 1. The van der Waals surface area contributed by atoms with Crippen molar-refractivity contribution in [1.82, 2.24) is 4.90 Å². The minimum atomic E-state index is -0.541. The average Bonchev–Trinajstić information content (AvgIpc) is 2.28. The number of halogens is 1. The van der Waals surface area contributed by atoms with Crippen molar-refractivity contribution in [3.8, 4) is 0 Å². The normalized spacial score (nSPS) is 11.9. The van der Waals surface area contributed by atoms with Gasteiger partial charge in [-0.05, 0) is 23.6 Å². The fraction of sp³-hybridized carbons (Fsp3) is 0.385. The summed E-state index contributed by atoms with van der Waals surface area (Å²) < 4.78 is 12.8. The van der Waals surface area contributed by atoms with Crippen LogP contribution in [0.4, 0.5) is 4.39 Å². The molecule has 1 atom stereocenters. The molecule has 0 heterocycles. The summed E-state index contributed by atoms with van der Waals surface area (Å²) in [5, 5.41) is 0. The van der Waals surface area contributed by atoms with E-state index in [-0.39, 0.29) is 30.6 Å². The number of carbonyl (C=O) groups excluding carboxylic acids is 2. The van der Waals surface area contributed by atoms with Crippen LogP contribution in [0.1, 0.15) is 24.8 Å². The molecule has 1 unspecified atom stereocenters. The van der Waals surface area contributed by atoms with Crippen molar-refractivity contribution in [3.63, 3.8) is 0 Å². The lowest BCUT2D eigenvalue weighted by atomic mass is 9.97. The zero-order chi connectivity index (χ0) is 13.7. The fourth-order valence-corrected chi connectivity index (χ4v) is 1.65. The third kappa shape index (κ3) is 4.16. The van der Waals surface area contributed by atoms with Crippen LogP contribution in [0.15, 0.2) is 24.3 Å². The Bertz CT molecular complexity index is 431. The summed E-state index contributed by atoms with van der Waals surface area (Å²) in [7, 11) is 1.53. The van der Waals surface area contributed by atoms with Crippen molar-refractivity contribution < 1.29 is 14.0 Å². The lowest BCUT2D eigenvalue weighted by Crippen LogP contribution is -2.35. The van der Waals surface area contributed by atoms with Gasteiger partial charge < -0.3 is 10.6 Å². The molecule has 2 N–H and O–H groups in total. The van der Waals surface area contributed by atoms with Gasteiger partial charge in [0.05, 0.1) is 6.54 Å². The van der Waals surface area contributed by atoms with E-state index in [2.05, 4.69) is 0 Å². The van der Waals surface area contributed by atoms with Gasteiger partial charge in [0.25, 0.3) is 0 Å². The summed E-state index contributed by atoms with van der Waals surface area (Å²) in [5.74, 6) is -1.04. The summed E-state index contributed by atoms with van der Waals surface area (Å²) in [6, 6.07) is 6.04. The molecule has 2 amide bonds. The number of likely N-dealkylation sites (N-methyl/N-ethyl adjacent to an activating group) is 1. The zero-order valence-electron chi connectivity index (χ0n) is 10.5. The van der Waals surface area contributed by atoms with Crippen molar-refractivity contribution in [2.75, 3.05) is 13.6 Å². The molecule has 1 aromatic carbocycles. The number of nitrogens with zero attached hydrogens (tertiary/aromatic N) is 1. The van der Waals surface area contributed by atoms with Crippen LogP contribution in [0.25, 0.3) is 0 Å². The first-order chi connectivity index (χ1) is 8.40. The molecule has 0 bridgehead atoms. The van der Waals surface area contributed by atoms with Gasteiger partial charge in [-0.3, -0.25) is 9.59 Å². The molecule has 98 valence electrons. The van der Waals surface area contributed by atoms with Crippen molar-refractivity contribution in [2.24, 2.45) is 5.73 Å². The van der Waals surface area contributed by atoms with E-state index in [0.29, 0.717) is 0 Å². The Kier molecular flexibility index (Phi) is 4.83. The number of rotatable bonds is 5. The minimum Gasteiger partial charge on any atom is -0.368 e. The Labute approximate surface area is 106 Å². The van der Waals surface area contributed by atoms with Gasteiger partial charge in [-0.1, -0.05) is 19.1 Å². The molecule has 0 aliphatic rings. The highest BCUT2D eigenvalue weighted by Crippen LogP contribution is 2.19. The van der Waals surface area contributed by atoms with Crippen molar-refractivity contribution >= 4 is 11.8 Å². The van der Waals surface area contributed by atoms with Crippen LogP contribution < -0.4 is 5.73 Å². The number of carbonyl (C=O) groups is 2. The Morgan fingerprint density at radius 2 is 1.89 bits per heavy atom. The summed E-state index contributed by atoms with van der Waals surface area (Å²) in [6.45, 7) is 1.79. The van der Waals surface area contributed by atoms with Crippen LogP contribution in [0.2, 0.25) is 0 Å². The number of benzene rings is 1. The van der Waals surface area contributed by atoms with E-state index in [0.717, 1.165) is 5.56 Å². The topological polar surface area (TPSA) is 63.4 Å². The van der Waals surface area contributed by atoms with Crippen molar-refractivity contribution in [1.29, 1.82) is 0 Å². The van der Waals surface area contributed by atoms with Crippen molar-refractivity contribution in [2.45, 2.75) is 19.3 Å². The lowest BCUT2D eigenvalue weighted by molar-refractivity contribution is -0.134. The molecule has 0 fully saturated rings. The van der Waals surface area contributed by atoms with Gasteiger partial charge in [0.15, 0.2) is 0 Å².